The molecule has 0 aliphatic heterocycles. The van der Waals surface area contributed by atoms with Gasteiger partial charge in [-0.1, -0.05) is 13.8 Å². The highest BCUT2D eigenvalue weighted by atomic mass is 19.2. The summed E-state index contributed by atoms with van der Waals surface area (Å²) in [6.07, 6.45) is 0.885. The number of nitrogens with zero attached hydrogens (tertiary/aromatic N) is 3. The van der Waals surface area contributed by atoms with Crippen molar-refractivity contribution < 1.29 is 8.78 Å². The number of rotatable bonds is 8. The van der Waals surface area contributed by atoms with Gasteiger partial charge in [-0.25, -0.2) is 8.78 Å². The van der Waals surface area contributed by atoms with Crippen molar-refractivity contribution in [3.8, 4) is 6.07 Å². The van der Waals surface area contributed by atoms with Crippen molar-refractivity contribution in [2.45, 2.75) is 27.2 Å². The molecule has 0 atom stereocenters. The van der Waals surface area contributed by atoms with Crippen molar-refractivity contribution >= 4 is 5.69 Å². The summed E-state index contributed by atoms with van der Waals surface area (Å²) in [7, 11) is 0. The molecule has 0 radical (unpaired) electrons. The Hall–Kier alpha value is -1.67. The molecule has 0 unspecified atom stereocenters. The lowest BCUT2D eigenvalue weighted by atomic mass is 10.1. The quantitative estimate of drug-likeness (QED) is 0.736. The Morgan fingerprint density at radius 1 is 1.00 bits per heavy atom. The minimum Gasteiger partial charge on any atom is -0.369 e. The van der Waals surface area contributed by atoms with Gasteiger partial charge in [0.15, 0.2) is 11.6 Å². The maximum atomic E-state index is 14.0. The van der Waals surface area contributed by atoms with E-state index in [0.29, 0.717) is 13.1 Å². The SMILES string of the molecule is CCN(CC)CCCN(CC)c1ccc(C#N)c(F)c1F. The fraction of sp³-hybridized carbons (Fsp3) is 0.562. The van der Waals surface area contributed by atoms with E-state index in [2.05, 4.69) is 18.7 Å². The summed E-state index contributed by atoms with van der Waals surface area (Å²) in [4.78, 5) is 4.10. The monoisotopic (exact) mass is 295 g/mol. The molecule has 0 saturated heterocycles. The van der Waals surface area contributed by atoms with E-state index in [1.54, 1.807) is 6.07 Å². The molecule has 0 aromatic heterocycles. The average Bonchev–Trinajstić information content (AvgIpc) is 2.51. The van der Waals surface area contributed by atoms with Gasteiger partial charge in [-0.2, -0.15) is 5.26 Å². The molecule has 116 valence electrons. The molecule has 0 aliphatic carbocycles. The van der Waals surface area contributed by atoms with Crippen LogP contribution in [0.25, 0.3) is 0 Å². The molecular formula is C16H23F2N3. The maximum Gasteiger partial charge on any atom is 0.183 e. The zero-order chi connectivity index (χ0) is 15.8. The fourth-order valence-corrected chi connectivity index (χ4v) is 2.34. The van der Waals surface area contributed by atoms with Crippen LogP contribution >= 0.6 is 0 Å². The predicted octanol–water partition coefficient (Wildman–Crippen LogP) is 3.39. The second kappa shape index (κ2) is 8.58. The van der Waals surface area contributed by atoms with E-state index in [1.165, 1.54) is 12.1 Å². The highest BCUT2D eigenvalue weighted by molar-refractivity contribution is 5.51. The first-order valence-corrected chi connectivity index (χ1v) is 7.44. The standard InChI is InChI=1S/C16H23F2N3/c1-4-20(5-2)10-7-11-21(6-3)14-9-8-13(12-19)15(17)16(14)18/h8-9H,4-7,10-11H2,1-3H3. The summed E-state index contributed by atoms with van der Waals surface area (Å²) in [6.45, 7) is 10.3. The van der Waals surface area contributed by atoms with Crippen LogP contribution < -0.4 is 4.90 Å². The average molecular weight is 295 g/mol. The van der Waals surface area contributed by atoms with Crippen molar-refractivity contribution in [2.24, 2.45) is 0 Å². The van der Waals surface area contributed by atoms with Gasteiger partial charge in [0.25, 0.3) is 0 Å². The molecule has 0 saturated carbocycles. The van der Waals surface area contributed by atoms with Crippen LogP contribution in [0.15, 0.2) is 12.1 Å². The number of halogens is 2. The number of hydrogen-bond acceptors (Lipinski definition) is 3. The molecule has 5 heteroatoms. The summed E-state index contributed by atoms with van der Waals surface area (Å²) in [6, 6.07) is 4.47. The third-order valence-electron chi connectivity index (χ3n) is 3.70. The molecule has 0 aliphatic rings. The van der Waals surface area contributed by atoms with E-state index in [4.69, 9.17) is 5.26 Å². The molecule has 1 aromatic carbocycles. The van der Waals surface area contributed by atoms with E-state index in [9.17, 15) is 8.78 Å². The number of hydrogen-bond donors (Lipinski definition) is 0. The van der Waals surface area contributed by atoms with Crippen molar-refractivity contribution in [1.82, 2.24) is 4.90 Å². The topological polar surface area (TPSA) is 30.3 Å². The third-order valence-corrected chi connectivity index (χ3v) is 3.70. The Labute approximate surface area is 125 Å². The zero-order valence-corrected chi connectivity index (χ0v) is 13.0. The van der Waals surface area contributed by atoms with Gasteiger partial charge >= 0.3 is 0 Å². The third kappa shape index (κ3) is 4.40. The molecule has 1 rings (SSSR count). The van der Waals surface area contributed by atoms with Crippen LogP contribution in [0, 0.1) is 23.0 Å². The van der Waals surface area contributed by atoms with Gasteiger partial charge in [-0.05, 0) is 45.1 Å². The predicted molar refractivity (Wildman–Crippen MR) is 81.4 cm³/mol. The van der Waals surface area contributed by atoms with Gasteiger partial charge in [0, 0.05) is 13.1 Å². The van der Waals surface area contributed by atoms with Crippen molar-refractivity contribution in [3.63, 3.8) is 0 Å². The second-order valence-electron chi connectivity index (χ2n) is 4.83. The highest BCUT2D eigenvalue weighted by Crippen LogP contribution is 2.24. The van der Waals surface area contributed by atoms with Gasteiger partial charge in [-0.3, -0.25) is 0 Å². The Balaban J connectivity index is 2.77. The first-order chi connectivity index (χ1) is 10.1. The molecule has 0 heterocycles. The summed E-state index contributed by atoms with van der Waals surface area (Å²) in [5.41, 5.74) is -0.0241. The van der Waals surface area contributed by atoms with Gasteiger partial charge in [0.05, 0.1) is 11.3 Å². The second-order valence-corrected chi connectivity index (χ2v) is 4.83. The molecule has 0 bridgehead atoms. The van der Waals surface area contributed by atoms with Crippen LogP contribution in [0.3, 0.4) is 0 Å². The maximum absolute atomic E-state index is 14.0. The lowest BCUT2D eigenvalue weighted by Gasteiger charge is -2.25. The van der Waals surface area contributed by atoms with Crippen molar-refractivity contribution in [2.75, 3.05) is 37.6 Å². The number of benzene rings is 1. The lowest BCUT2D eigenvalue weighted by molar-refractivity contribution is 0.300. The van der Waals surface area contributed by atoms with E-state index in [0.717, 1.165) is 26.1 Å². The molecule has 21 heavy (non-hydrogen) atoms. The number of nitriles is 1. The van der Waals surface area contributed by atoms with Crippen molar-refractivity contribution in [1.29, 1.82) is 5.26 Å². The van der Waals surface area contributed by atoms with Crippen LogP contribution in [0.2, 0.25) is 0 Å². The van der Waals surface area contributed by atoms with Gasteiger partial charge in [-0.15, -0.1) is 0 Å². The smallest absolute Gasteiger partial charge is 0.183 e. The summed E-state index contributed by atoms with van der Waals surface area (Å²) in [5.74, 6) is -1.99. The molecule has 1 aromatic rings. The molecule has 0 amide bonds. The minimum absolute atomic E-state index is 0.230. The van der Waals surface area contributed by atoms with E-state index >= 15 is 0 Å². The van der Waals surface area contributed by atoms with Crippen LogP contribution in [-0.2, 0) is 0 Å². The minimum atomic E-state index is -1.06. The highest BCUT2D eigenvalue weighted by Gasteiger charge is 2.17. The van der Waals surface area contributed by atoms with E-state index < -0.39 is 11.6 Å². The molecule has 3 nitrogen and oxygen atoms in total. The Bertz CT molecular complexity index is 493. The van der Waals surface area contributed by atoms with Crippen LogP contribution in [0.1, 0.15) is 32.8 Å². The van der Waals surface area contributed by atoms with Crippen molar-refractivity contribution in [3.05, 3.63) is 29.3 Å². The zero-order valence-electron chi connectivity index (χ0n) is 13.0. The number of anilines is 1. The van der Waals surface area contributed by atoms with Crippen LogP contribution in [-0.4, -0.2) is 37.6 Å². The normalized spacial score (nSPS) is 10.7. The van der Waals surface area contributed by atoms with E-state index in [-0.39, 0.29) is 11.3 Å². The first kappa shape index (κ1) is 17.4. The Morgan fingerprint density at radius 3 is 2.19 bits per heavy atom. The molecular weight excluding hydrogens is 272 g/mol. The Morgan fingerprint density at radius 2 is 1.67 bits per heavy atom. The fourth-order valence-electron chi connectivity index (χ4n) is 2.34. The molecule has 0 spiro atoms. The van der Waals surface area contributed by atoms with Gasteiger partial charge in [0.2, 0.25) is 0 Å². The molecule has 0 N–H and O–H groups in total. The van der Waals surface area contributed by atoms with Gasteiger partial charge in [0.1, 0.15) is 6.07 Å². The van der Waals surface area contributed by atoms with Crippen LogP contribution in [0.5, 0.6) is 0 Å². The van der Waals surface area contributed by atoms with Crippen LogP contribution in [0.4, 0.5) is 14.5 Å². The Kier molecular flexibility index (Phi) is 7.10. The van der Waals surface area contributed by atoms with E-state index in [1.807, 2.05) is 11.8 Å². The summed E-state index contributed by atoms with van der Waals surface area (Å²) < 4.78 is 27.7. The summed E-state index contributed by atoms with van der Waals surface area (Å²) >= 11 is 0. The lowest BCUT2D eigenvalue weighted by Crippen LogP contribution is -2.30. The molecule has 0 fully saturated rings. The van der Waals surface area contributed by atoms with Gasteiger partial charge < -0.3 is 9.80 Å². The first-order valence-electron chi connectivity index (χ1n) is 7.44. The largest absolute Gasteiger partial charge is 0.369 e. The summed E-state index contributed by atoms with van der Waals surface area (Å²) in [5, 5.41) is 8.71.